The summed E-state index contributed by atoms with van der Waals surface area (Å²) < 4.78 is 10.6. The number of methoxy groups -OCH3 is 2. The van der Waals surface area contributed by atoms with E-state index >= 15 is 0 Å². The SMILES string of the molecule is CCNC(=NCC(O)c1cc(OC)ccc1OC)NC(C)c1ccc(Cl)cc1.I. The first-order valence-corrected chi connectivity index (χ1v) is 9.56. The average Bonchev–Trinajstić information content (AvgIpc) is 2.71. The van der Waals surface area contributed by atoms with Crippen LogP contribution in [0, 0.1) is 0 Å². The Morgan fingerprint density at radius 3 is 2.41 bits per heavy atom. The number of nitrogens with one attached hydrogen (secondary N) is 2. The molecule has 0 heterocycles. The summed E-state index contributed by atoms with van der Waals surface area (Å²) >= 11 is 5.96. The van der Waals surface area contributed by atoms with E-state index in [1.165, 1.54) is 0 Å². The van der Waals surface area contributed by atoms with Crippen LogP contribution in [0.3, 0.4) is 0 Å². The van der Waals surface area contributed by atoms with Crippen molar-refractivity contribution in [3.8, 4) is 11.5 Å². The van der Waals surface area contributed by atoms with Crippen LogP contribution >= 0.6 is 35.6 Å². The number of aliphatic imine (C=N–C) groups is 1. The lowest BCUT2D eigenvalue weighted by Gasteiger charge is -2.19. The number of nitrogens with zero attached hydrogens (tertiary/aromatic N) is 1. The summed E-state index contributed by atoms with van der Waals surface area (Å²) in [6, 6.07) is 13.0. The molecular formula is C21H29ClIN3O3. The molecule has 0 radical (unpaired) electrons. The van der Waals surface area contributed by atoms with Crippen LogP contribution in [0.5, 0.6) is 11.5 Å². The Labute approximate surface area is 194 Å². The molecule has 29 heavy (non-hydrogen) atoms. The molecule has 2 rings (SSSR count). The standard InChI is InChI=1S/C21H28ClN3O3.HI/c1-5-23-21(25-14(2)15-6-8-16(22)9-7-15)24-13-19(26)18-12-17(27-3)10-11-20(18)28-4;/h6-12,14,19,26H,5,13H2,1-4H3,(H2,23,24,25);1H. The molecule has 8 heteroatoms. The van der Waals surface area contributed by atoms with Gasteiger partial charge in [0.05, 0.1) is 26.8 Å². The number of guanidine groups is 1. The molecule has 0 aliphatic rings. The maximum absolute atomic E-state index is 10.6. The third-order valence-electron chi connectivity index (χ3n) is 4.29. The first-order chi connectivity index (χ1) is 13.5. The fourth-order valence-corrected chi connectivity index (χ4v) is 2.86. The minimum absolute atomic E-state index is 0. The van der Waals surface area contributed by atoms with Gasteiger partial charge in [-0.2, -0.15) is 0 Å². The highest BCUT2D eigenvalue weighted by atomic mass is 127. The van der Waals surface area contributed by atoms with Crippen LogP contribution in [0.1, 0.15) is 37.1 Å². The van der Waals surface area contributed by atoms with E-state index in [4.69, 9.17) is 21.1 Å². The number of aliphatic hydroxyl groups is 1. The highest BCUT2D eigenvalue weighted by molar-refractivity contribution is 14.0. The van der Waals surface area contributed by atoms with Crippen LogP contribution < -0.4 is 20.1 Å². The van der Waals surface area contributed by atoms with Gasteiger partial charge < -0.3 is 25.2 Å². The largest absolute Gasteiger partial charge is 0.497 e. The number of rotatable bonds is 8. The number of hydrogen-bond donors (Lipinski definition) is 3. The van der Waals surface area contributed by atoms with Gasteiger partial charge in [0.25, 0.3) is 0 Å². The van der Waals surface area contributed by atoms with Crippen LogP contribution in [0.2, 0.25) is 5.02 Å². The predicted octanol–water partition coefficient (Wildman–Crippen LogP) is 4.32. The third kappa shape index (κ3) is 7.56. The van der Waals surface area contributed by atoms with Gasteiger partial charge in [-0.25, -0.2) is 0 Å². The third-order valence-corrected chi connectivity index (χ3v) is 4.54. The Balaban J connectivity index is 0.00000420. The van der Waals surface area contributed by atoms with Crippen LogP contribution in [-0.2, 0) is 0 Å². The Hall–Kier alpha value is -1.71. The molecule has 2 unspecified atom stereocenters. The lowest BCUT2D eigenvalue weighted by Crippen LogP contribution is -2.39. The number of aliphatic hydroxyl groups excluding tert-OH is 1. The molecule has 160 valence electrons. The summed E-state index contributed by atoms with van der Waals surface area (Å²) in [5.74, 6) is 1.86. The zero-order valence-electron chi connectivity index (χ0n) is 17.1. The van der Waals surface area contributed by atoms with Crippen molar-refractivity contribution < 1.29 is 14.6 Å². The summed E-state index contributed by atoms with van der Waals surface area (Å²) in [5.41, 5.74) is 1.72. The molecule has 0 aliphatic carbocycles. The minimum atomic E-state index is -0.827. The Morgan fingerprint density at radius 2 is 1.83 bits per heavy atom. The molecule has 2 aromatic carbocycles. The van der Waals surface area contributed by atoms with Crippen molar-refractivity contribution in [1.82, 2.24) is 10.6 Å². The number of halogens is 2. The lowest BCUT2D eigenvalue weighted by molar-refractivity contribution is 0.182. The fourth-order valence-electron chi connectivity index (χ4n) is 2.74. The predicted molar refractivity (Wildman–Crippen MR) is 129 cm³/mol. The van der Waals surface area contributed by atoms with Crippen LogP contribution in [-0.4, -0.2) is 38.4 Å². The second kappa shape index (κ2) is 12.8. The van der Waals surface area contributed by atoms with E-state index in [1.54, 1.807) is 32.4 Å². The van der Waals surface area contributed by atoms with Crippen molar-refractivity contribution in [1.29, 1.82) is 0 Å². The Morgan fingerprint density at radius 1 is 1.14 bits per heavy atom. The van der Waals surface area contributed by atoms with Crippen molar-refractivity contribution in [2.45, 2.75) is 26.0 Å². The quantitative estimate of drug-likeness (QED) is 0.268. The molecule has 3 N–H and O–H groups in total. The zero-order chi connectivity index (χ0) is 20.5. The molecule has 0 fully saturated rings. The van der Waals surface area contributed by atoms with Gasteiger partial charge in [-0.15, -0.1) is 24.0 Å². The van der Waals surface area contributed by atoms with Crippen molar-refractivity contribution in [2.24, 2.45) is 4.99 Å². The zero-order valence-corrected chi connectivity index (χ0v) is 20.2. The second-order valence-corrected chi connectivity index (χ2v) is 6.70. The molecular weight excluding hydrogens is 505 g/mol. The van der Waals surface area contributed by atoms with E-state index in [-0.39, 0.29) is 36.6 Å². The monoisotopic (exact) mass is 533 g/mol. The lowest BCUT2D eigenvalue weighted by atomic mass is 10.1. The van der Waals surface area contributed by atoms with Gasteiger partial charge in [-0.1, -0.05) is 23.7 Å². The van der Waals surface area contributed by atoms with Gasteiger partial charge in [-0.3, -0.25) is 4.99 Å². The smallest absolute Gasteiger partial charge is 0.191 e. The summed E-state index contributed by atoms with van der Waals surface area (Å²) in [5, 5.41) is 17.9. The molecule has 0 saturated carbocycles. The molecule has 6 nitrogen and oxygen atoms in total. The summed E-state index contributed by atoms with van der Waals surface area (Å²) in [6.07, 6.45) is -0.827. The topological polar surface area (TPSA) is 75.1 Å². The van der Waals surface area contributed by atoms with Gasteiger partial charge in [0.15, 0.2) is 5.96 Å². The Bertz CT molecular complexity index is 787. The van der Waals surface area contributed by atoms with Crippen molar-refractivity contribution in [3.05, 3.63) is 58.6 Å². The van der Waals surface area contributed by atoms with E-state index in [2.05, 4.69) is 15.6 Å². The van der Waals surface area contributed by atoms with Crippen LogP contribution in [0.25, 0.3) is 0 Å². The molecule has 0 bridgehead atoms. The molecule has 0 spiro atoms. The van der Waals surface area contributed by atoms with Crippen molar-refractivity contribution in [2.75, 3.05) is 27.3 Å². The summed E-state index contributed by atoms with van der Waals surface area (Å²) in [7, 11) is 3.15. The van der Waals surface area contributed by atoms with E-state index in [1.807, 2.05) is 38.1 Å². The number of ether oxygens (including phenoxy) is 2. The maximum Gasteiger partial charge on any atom is 0.191 e. The molecule has 0 amide bonds. The van der Waals surface area contributed by atoms with Gasteiger partial charge in [-0.05, 0) is 49.7 Å². The van der Waals surface area contributed by atoms with E-state index in [0.29, 0.717) is 34.6 Å². The number of benzene rings is 2. The first-order valence-electron chi connectivity index (χ1n) is 9.18. The maximum atomic E-state index is 10.6. The van der Waals surface area contributed by atoms with Gasteiger partial charge >= 0.3 is 0 Å². The van der Waals surface area contributed by atoms with Crippen LogP contribution in [0.15, 0.2) is 47.5 Å². The van der Waals surface area contributed by atoms with Crippen LogP contribution in [0.4, 0.5) is 0 Å². The fraction of sp³-hybridized carbons (Fsp3) is 0.381. The first kappa shape index (κ1) is 25.3. The molecule has 0 aliphatic heterocycles. The molecule has 0 saturated heterocycles. The highest BCUT2D eigenvalue weighted by Crippen LogP contribution is 2.29. The normalized spacial score (nSPS) is 13.1. The Kier molecular flexibility index (Phi) is 11.2. The summed E-state index contributed by atoms with van der Waals surface area (Å²) in [4.78, 5) is 4.53. The van der Waals surface area contributed by atoms with E-state index in [9.17, 15) is 5.11 Å². The average molecular weight is 534 g/mol. The van der Waals surface area contributed by atoms with Crippen molar-refractivity contribution >= 4 is 41.5 Å². The number of hydrogen-bond acceptors (Lipinski definition) is 4. The highest BCUT2D eigenvalue weighted by Gasteiger charge is 2.15. The summed E-state index contributed by atoms with van der Waals surface area (Å²) in [6.45, 7) is 4.91. The molecule has 2 atom stereocenters. The molecule has 0 aromatic heterocycles. The van der Waals surface area contributed by atoms with E-state index in [0.717, 1.165) is 5.56 Å². The molecule has 2 aromatic rings. The van der Waals surface area contributed by atoms with Gasteiger partial charge in [0, 0.05) is 17.1 Å². The second-order valence-electron chi connectivity index (χ2n) is 6.26. The van der Waals surface area contributed by atoms with E-state index < -0.39 is 6.10 Å². The van der Waals surface area contributed by atoms with Gasteiger partial charge in [0.1, 0.15) is 17.6 Å². The van der Waals surface area contributed by atoms with Gasteiger partial charge in [0.2, 0.25) is 0 Å². The van der Waals surface area contributed by atoms with Crippen molar-refractivity contribution in [3.63, 3.8) is 0 Å². The minimum Gasteiger partial charge on any atom is -0.497 e.